The third kappa shape index (κ3) is 6.70. The molecule has 0 unspecified atom stereocenters. The van der Waals surface area contributed by atoms with Crippen LogP contribution in [0.5, 0.6) is 0 Å². The molecule has 1 aromatic heterocycles. The van der Waals surface area contributed by atoms with Crippen LogP contribution in [0.15, 0.2) is 15.5 Å². The molecular formula is C11H16BrF3N4OS. The van der Waals surface area contributed by atoms with E-state index in [0.717, 1.165) is 0 Å². The van der Waals surface area contributed by atoms with Crippen LogP contribution < -0.4 is 10.9 Å². The van der Waals surface area contributed by atoms with Crippen molar-refractivity contribution in [3.8, 4) is 0 Å². The van der Waals surface area contributed by atoms with Crippen LogP contribution in [-0.4, -0.2) is 53.1 Å². The molecule has 21 heavy (non-hydrogen) atoms. The van der Waals surface area contributed by atoms with E-state index in [4.69, 9.17) is 0 Å². The van der Waals surface area contributed by atoms with E-state index in [1.807, 2.05) is 19.0 Å². The third-order valence-electron chi connectivity index (χ3n) is 2.43. The van der Waals surface area contributed by atoms with Gasteiger partial charge in [0.05, 0.1) is 18.4 Å². The molecule has 10 heteroatoms. The van der Waals surface area contributed by atoms with Crippen molar-refractivity contribution in [3.05, 3.63) is 21.0 Å². The molecule has 0 bridgehead atoms. The lowest BCUT2D eigenvalue weighted by Gasteiger charge is -2.13. The highest BCUT2D eigenvalue weighted by Crippen LogP contribution is 2.29. The predicted molar refractivity (Wildman–Crippen MR) is 81.8 cm³/mol. The quantitative estimate of drug-likeness (QED) is 0.725. The molecule has 1 aromatic rings. The number of nitrogens with zero attached hydrogens (tertiary/aromatic N) is 3. The molecule has 0 saturated heterocycles. The highest BCUT2D eigenvalue weighted by molar-refractivity contribution is 9.10. The van der Waals surface area contributed by atoms with Gasteiger partial charge < -0.3 is 10.2 Å². The predicted octanol–water partition coefficient (Wildman–Crippen LogP) is 2.23. The molecular weight excluding hydrogens is 373 g/mol. The zero-order valence-corrected chi connectivity index (χ0v) is 14.0. The maximum atomic E-state index is 12.0. The van der Waals surface area contributed by atoms with Crippen molar-refractivity contribution in [1.29, 1.82) is 0 Å². The standard InChI is InChI=1S/C11H16BrF3N4OS/c1-18(2)4-5-19-10(20)9(12)8(7-17-19)16-3-6-21-11(13,14)15/h7,16H,3-6H2,1-2H3. The number of rotatable bonds is 7. The van der Waals surface area contributed by atoms with E-state index in [9.17, 15) is 18.0 Å². The van der Waals surface area contributed by atoms with Crippen LogP contribution in [0, 0.1) is 0 Å². The zero-order valence-electron chi connectivity index (χ0n) is 11.6. The highest BCUT2D eigenvalue weighted by atomic mass is 79.9. The smallest absolute Gasteiger partial charge is 0.382 e. The molecule has 120 valence electrons. The van der Waals surface area contributed by atoms with Crippen LogP contribution in [0.3, 0.4) is 0 Å². The maximum Gasteiger partial charge on any atom is 0.441 e. The topological polar surface area (TPSA) is 50.2 Å². The summed E-state index contributed by atoms with van der Waals surface area (Å²) in [5.74, 6) is -0.139. The Balaban J connectivity index is 2.61. The fraction of sp³-hybridized carbons (Fsp3) is 0.636. The second-order valence-corrected chi connectivity index (χ2v) is 6.38. The third-order valence-corrected chi connectivity index (χ3v) is 3.93. The lowest BCUT2D eigenvalue weighted by molar-refractivity contribution is -0.0327. The Morgan fingerprint density at radius 2 is 2.14 bits per heavy atom. The number of likely N-dealkylation sites (N-methyl/N-ethyl adjacent to an activating group) is 1. The van der Waals surface area contributed by atoms with Crippen molar-refractivity contribution in [2.45, 2.75) is 12.1 Å². The van der Waals surface area contributed by atoms with Crippen molar-refractivity contribution < 1.29 is 13.2 Å². The summed E-state index contributed by atoms with van der Waals surface area (Å²) in [5, 5.41) is 6.76. The first-order chi connectivity index (χ1) is 9.70. The number of halogens is 4. The van der Waals surface area contributed by atoms with E-state index >= 15 is 0 Å². The summed E-state index contributed by atoms with van der Waals surface area (Å²) in [6.07, 6.45) is 1.43. The monoisotopic (exact) mass is 388 g/mol. The summed E-state index contributed by atoms with van der Waals surface area (Å²) in [6, 6.07) is 0. The normalized spacial score (nSPS) is 12.0. The number of thioether (sulfide) groups is 1. The Kier molecular flexibility index (Phi) is 7.01. The Hall–Kier alpha value is -0.740. The minimum absolute atomic E-state index is 0.0889. The number of hydrogen-bond acceptors (Lipinski definition) is 5. The molecule has 0 atom stereocenters. The maximum absolute atomic E-state index is 12.0. The number of hydrogen-bond donors (Lipinski definition) is 1. The largest absolute Gasteiger partial charge is 0.441 e. The molecule has 0 aliphatic carbocycles. The second kappa shape index (κ2) is 8.04. The van der Waals surface area contributed by atoms with Gasteiger partial charge in [0.15, 0.2) is 0 Å². The summed E-state index contributed by atoms with van der Waals surface area (Å²) < 4.78 is 37.5. The van der Waals surface area contributed by atoms with Crippen molar-refractivity contribution >= 4 is 33.4 Å². The van der Waals surface area contributed by atoms with Crippen LogP contribution in [0.4, 0.5) is 18.9 Å². The summed E-state index contributed by atoms with van der Waals surface area (Å²) >= 11 is 3.04. The summed E-state index contributed by atoms with van der Waals surface area (Å²) in [4.78, 5) is 13.9. The van der Waals surface area contributed by atoms with E-state index in [1.54, 1.807) is 0 Å². The Bertz CT molecular complexity index is 521. The molecule has 0 aliphatic heterocycles. The summed E-state index contributed by atoms with van der Waals surface area (Å²) in [5.41, 5.74) is -4.17. The van der Waals surface area contributed by atoms with Crippen molar-refractivity contribution in [2.75, 3.05) is 38.3 Å². The minimum atomic E-state index is -4.24. The summed E-state index contributed by atoms with van der Waals surface area (Å²) in [6.45, 7) is 1.19. The second-order valence-electron chi connectivity index (χ2n) is 4.42. The van der Waals surface area contributed by atoms with Crippen LogP contribution in [0.1, 0.15) is 0 Å². The lowest BCUT2D eigenvalue weighted by Crippen LogP contribution is -2.29. The van der Waals surface area contributed by atoms with Gasteiger partial charge in [-0.05, 0) is 41.8 Å². The van der Waals surface area contributed by atoms with Crippen molar-refractivity contribution in [1.82, 2.24) is 14.7 Å². The zero-order chi connectivity index (χ0) is 16.0. The van der Waals surface area contributed by atoms with Crippen molar-refractivity contribution in [3.63, 3.8) is 0 Å². The van der Waals surface area contributed by atoms with Gasteiger partial charge in [0.25, 0.3) is 5.56 Å². The van der Waals surface area contributed by atoms with Gasteiger partial charge in [0, 0.05) is 18.8 Å². The van der Waals surface area contributed by atoms with Gasteiger partial charge in [-0.25, -0.2) is 4.68 Å². The fourth-order valence-electron chi connectivity index (χ4n) is 1.39. The Morgan fingerprint density at radius 3 is 2.71 bits per heavy atom. The molecule has 1 heterocycles. The molecule has 1 rings (SSSR count). The molecule has 0 radical (unpaired) electrons. The van der Waals surface area contributed by atoms with Gasteiger partial charge in [-0.3, -0.25) is 4.79 Å². The Morgan fingerprint density at radius 1 is 1.48 bits per heavy atom. The first-order valence-corrected chi connectivity index (χ1v) is 7.83. The lowest BCUT2D eigenvalue weighted by atomic mass is 10.4. The van der Waals surface area contributed by atoms with E-state index < -0.39 is 5.51 Å². The van der Waals surface area contributed by atoms with Gasteiger partial charge in [-0.2, -0.15) is 18.3 Å². The first kappa shape index (κ1) is 18.3. The summed E-state index contributed by atoms with van der Waals surface area (Å²) in [7, 11) is 3.77. The SMILES string of the molecule is CN(C)CCn1ncc(NCCSC(F)(F)F)c(Br)c1=O. The molecule has 0 aromatic carbocycles. The van der Waals surface area contributed by atoms with Gasteiger partial charge in [0.2, 0.25) is 0 Å². The van der Waals surface area contributed by atoms with Gasteiger partial charge in [-0.1, -0.05) is 0 Å². The highest BCUT2D eigenvalue weighted by Gasteiger charge is 2.27. The molecule has 1 N–H and O–H groups in total. The van der Waals surface area contributed by atoms with Gasteiger partial charge >= 0.3 is 5.51 Å². The van der Waals surface area contributed by atoms with Crippen molar-refractivity contribution in [2.24, 2.45) is 0 Å². The number of nitrogens with one attached hydrogen (secondary N) is 1. The number of aromatic nitrogens is 2. The molecule has 0 saturated carbocycles. The van der Waals surface area contributed by atoms with E-state index in [-0.39, 0.29) is 34.1 Å². The average molecular weight is 389 g/mol. The fourth-order valence-corrected chi connectivity index (χ4v) is 2.28. The van der Waals surface area contributed by atoms with E-state index in [2.05, 4.69) is 26.3 Å². The van der Waals surface area contributed by atoms with Crippen LogP contribution in [0.2, 0.25) is 0 Å². The van der Waals surface area contributed by atoms with E-state index in [1.165, 1.54) is 10.9 Å². The molecule has 0 fully saturated rings. The number of alkyl halides is 3. The van der Waals surface area contributed by atoms with E-state index in [0.29, 0.717) is 18.8 Å². The van der Waals surface area contributed by atoms with Crippen LogP contribution in [0.25, 0.3) is 0 Å². The molecule has 0 aliphatic rings. The average Bonchev–Trinajstić information content (AvgIpc) is 2.37. The van der Waals surface area contributed by atoms with Gasteiger partial charge in [0.1, 0.15) is 4.47 Å². The first-order valence-electron chi connectivity index (χ1n) is 6.05. The van der Waals surface area contributed by atoms with Crippen LogP contribution in [-0.2, 0) is 6.54 Å². The molecule has 0 amide bonds. The molecule has 0 spiro atoms. The van der Waals surface area contributed by atoms with Gasteiger partial charge in [-0.15, -0.1) is 0 Å². The number of anilines is 1. The molecule has 5 nitrogen and oxygen atoms in total. The minimum Gasteiger partial charge on any atom is -0.382 e. The van der Waals surface area contributed by atoms with Crippen LogP contribution >= 0.6 is 27.7 Å². The Labute approximate surface area is 133 Å².